The average molecular weight is 252 g/mol. The minimum atomic E-state index is 0.538. The van der Waals surface area contributed by atoms with Crippen LogP contribution in [0.1, 0.15) is 77.0 Å². The Bertz CT molecular complexity index is 197. The number of nitrogens with one attached hydrogen (secondary N) is 1. The van der Waals surface area contributed by atoms with Gasteiger partial charge in [-0.3, -0.25) is 11.3 Å². The highest BCUT2D eigenvalue weighted by Gasteiger charge is 2.15. The van der Waals surface area contributed by atoms with Crippen molar-refractivity contribution in [2.75, 3.05) is 0 Å². The van der Waals surface area contributed by atoms with Crippen LogP contribution >= 0.6 is 0 Å². The van der Waals surface area contributed by atoms with Crippen LogP contribution in [-0.2, 0) is 0 Å². The van der Waals surface area contributed by atoms with Crippen molar-refractivity contribution in [2.24, 2.45) is 11.8 Å². The van der Waals surface area contributed by atoms with E-state index in [4.69, 9.17) is 5.84 Å². The molecule has 0 spiro atoms. The molecule has 1 fully saturated rings. The number of rotatable bonds is 10. The minimum Gasteiger partial charge on any atom is -0.271 e. The van der Waals surface area contributed by atoms with Crippen molar-refractivity contribution in [2.45, 2.75) is 83.1 Å². The molecule has 3 N–H and O–H groups in total. The second-order valence-electron chi connectivity index (χ2n) is 5.87. The molecule has 1 rings (SSSR count). The van der Waals surface area contributed by atoms with Crippen molar-refractivity contribution < 1.29 is 0 Å². The van der Waals surface area contributed by atoms with E-state index in [2.05, 4.69) is 12.0 Å². The van der Waals surface area contributed by atoms with Crippen LogP contribution in [0.4, 0.5) is 0 Å². The van der Waals surface area contributed by atoms with Crippen LogP contribution in [0.5, 0.6) is 0 Å². The first-order valence-corrected chi connectivity index (χ1v) is 7.94. The second kappa shape index (κ2) is 10.6. The molecule has 0 aromatic heterocycles. The van der Waals surface area contributed by atoms with Crippen molar-refractivity contribution in [3.8, 4) is 0 Å². The molecule has 18 heavy (non-hydrogen) atoms. The largest absolute Gasteiger partial charge is 0.271 e. The lowest BCUT2D eigenvalue weighted by atomic mass is 9.85. The number of hydrazine groups is 1. The Labute approximate surface area is 113 Å². The highest BCUT2D eigenvalue weighted by molar-refractivity contribution is 4.71. The third kappa shape index (κ3) is 7.17. The molecule has 0 aromatic rings. The molecule has 2 heteroatoms. The van der Waals surface area contributed by atoms with E-state index in [-0.39, 0.29) is 0 Å². The monoisotopic (exact) mass is 252 g/mol. The Morgan fingerprint density at radius 2 is 1.89 bits per heavy atom. The first-order chi connectivity index (χ1) is 8.86. The fourth-order valence-electron chi connectivity index (χ4n) is 3.08. The van der Waals surface area contributed by atoms with Crippen molar-refractivity contribution >= 4 is 0 Å². The van der Waals surface area contributed by atoms with E-state index in [9.17, 15) is 0 Å². The molecule has 0 aliphatic heterocycles. The quantitative estimate of drug-likeness (QED) is 0.263. The van der Waals surface area contributed by atoms with Gasteiger partial charge in [-0.05, 0) is 38.0 Å². The molecule has 1 saturated carbocycles. The summed E-state index contributed by atoms with van der Waals surface area (Å²) in [6.07, 6.45) is 18.2. The van der Waals surface area contributed by atoms with Crippen LogP contribution in [0.25, 0.3) is 0 Å². The molecular weight excluding hydrogens is 220 g/mol. The number of nitrogens with two attached hydrogens (primary N) is 1. The minimum absolute atomic E-state index is 0.538. The van der Waals surface area contributed by atoms with Crippen molar-refractivity contribution in [3.05, 3.63) is 12.7 Å². The molecular formula is C16H32N2. The predicted octanol–water partition coefficient (Wildman–Crippen LogP) is 4.32. The van der Waals surface area contributed by atoms with Gasteiger partial charge < -0.3 is 0 Å². The molecule has 0 amide bonds. The first kappa shape index (κ1) is 15.7. The van der Waals surface area contributed by atoms with E-state index in [1.807, 2.05) is 6.08 Å². The Balaban J connectivity index is 2.03. The zero-order valence-corrected chi connectivity index (χ0v) is 12.0. The van der Waals surface area contributed by atoms with Gasteiger partial charge in [0.1, 0.15) is 0 Å². The molecule has 1 unspecified atom stereocenters. The Kier molecular flexibility index (Phi) is 9.23. The van der Waals surface area contributed by atoms with Crippen LogP contribution in [0, 0.1) is 5.92 Å². The fourth-order valence-corrected chi connectivity index (χ4v) is 3.08. The van der Waals surface area contributed by atoms with Gasteiger partial charge in [-0.25, -0.2) is 0 Å². The fraction of sp³-hybridized carbons (Fsp3) is 0.875. The van der Waals surface area contributed by atoms with Gasteiger partial charge in [0.05, 0.1) is 0 Å². The Morgan fingerprint density at radius 1 is 1.11 bits per heavy atom. The van der Waals surface area contributed by atoms with Crippen LogP contribution in [0.3, 0.4) is 0 Å². The van der Waals surface area contributed by atoms with Crippen molar-refractivity contribution in [1.29, 1.82) is 0 Å². The average Bonchev–Trinajstić information content (AvgIpc) is 2.43. The van der Waals surface area contributed by atoms with Gasteiger partial charge in [-0.15, -0.1) is 6.58 Å². The summed E-state index contributed by atoms with van der Waals surface area (Å²) >= 11 is 0. The lowest BCUT2D eigenvalue weighted by Crippen LogP contribution is -2.35. The van der Waals surface area contributed by atoms with Gasteiger partial charge >= 0.3 is 0 Å². The van der Waals surface area contributed by atoms with Crippen LogP contribution in [0.2, 0.25) is 0 Å². The summed E-state index contributed by atoms with van der Waals surface area (Å²) in [7, 11) is 0. The van der Waals surface area contributed by atoms with E-state index in [0.29, 0.717) is 6.04 Å². The SMILES string of the molecule is C=CCCCCCC(CCC1CCCCC1)NN. The molecule has 0 heterocycles. The first-order valence-electron chi connectivity index (χ1n) is 7.94. The molecule has 106 valence electrons. The van der Waals surface area contributed by atoms with Crippen LogP contribution < -0.4 is 11.3 Å². The maximum Gasteiger partial charge on any atom is 0.0210 e. The summed E-state index contributed by atoms with van der Waals surface area (Å²) in [5.74, 6) is 6.64. The molecule has 0 saturated heterocycles. The van der Waals surface area contributed by atoms with E-state index in [1.54, 1.807) is 0 Å². The maximum atomic E-state index is 5.66. The summed E-state index contributed by atoms with van der Waals surface area (Å²) in [6.45, 7) is 3.76. The van der Waals surface area contributed by atoms with Gasteiger partial charge in [-0.2, -0.15) is 0 Å². The summed E-state index contributed by atoms with van der Waals surface area (Å²) < 4.78 is 0. The summed E-state index contributed by atoms with van der Waals surface area (Å²) in [4.78, 5) is 0. The lowest BCUT2D eigenvalue weighted by Gasteiger charge is -2.24. The Hall–Kier alpha value is -0.340. The molecule has 2 nitrogen and oxygen atoms in total. The molecule has 0 bridgehead atoms. The third-order valence-electron chi connectivity index (χ3n) is 4.34. The second-order valence-corrected chi connectivity index (χ2v) is 5.87. The lowest BCUT2D eigenvalue weighted by molar-refractivity contribution is 0.307. The molecule has 1 aliphatic carbocycles. The highest BCUT2D eigenvalue weighted by Crippen LogP contribution is 2.28. The zero-order valence-electron chi connectivity index (χ0n) is 12.0. The molecule has 1 aliphatic rings. The van der Waals surface area contributed by atoms with Crippen LogP contribution in [-0.4, -0.2) is 6.04 Å². The van der Waals surface area contributed by atoms with Gasteiger partial charge in [0, 0.05) is 6.04 Å². The summed E-state index contributed by atoms with van der Waals surface area (Å²) in [5.41, 5.74) is 3.01. The van der Waals surface area contributed by atoms with Gasteiger partial charge in [0.15, 0.2) is 0 Å². The van der Waals surface area contributed by atoms with E-state index < -0.39 is 0 Å². The third-order valence-corrected chi connectivity index (χ3v) is 4.34. The molecule has 1 atom stereocenters. The zero-order chi connectivity index (χ0) is 13.1. The maximum absolute atomic E-state index is 5.66. The van der Waals surface area contributed by atoms with E-state index in [1.165, 1.54) is 70.6 Å². The smallest absolute Gasteiger partial charge is 0.0210 e. The topological polar surface area (TPSA) is 38.0 Å². The highest BCUT2D eigenvalue weighted by atomic mass is 15.2. The van der Waals surface area contributed by atoms with Gasteiger partial charge in [0.2, 0.25) is 0 Å². The normalized spacial score (nSPS) is 18.7. The standard InChI is InChI=1S/C16H32N2/c1-2-3-4-5-9-12-16(18-17)14-13-15-10-7-6-8-11-15/h2,15-16,18H,1,3-14,17H2. The van der Waals surface area contributed by atoms with E-state index >= 15 is 0 Å². The van der Waals surface area contributed by atoms with E-state index in [0.717, 1.165) is 12.3 Å². The van der Waals surface area contributed by atoms with Gasteiger partial charge in [-0.1, -0.05) is 51.0 Å². The number of hydrogen-bond donors (Lipinski definition) is 2. The van der Waals surface area contributed by atoms with Crippen molar-refractivity contribution in [3.63, 3.8) is 0 Å². The molecule has 0 radical (unpaired) electrons. The predicted molar refractivity (Wildman–Crippen MR) is 80.2 cm³/mol. The number of hydrogen-bond acceptors (Lipinski definition) is 2. The summed E-state index contributed by atoms with van der Waals surface area (Å²) in [5, 5.41) is 0. The summed E-state index contributed by atoms with van der Waals surface area (Å²) in [6, 6.07) is 0.538. The van der Waals surface area contributed by atoms with Crippen molar-refractivity contribution in [1.82, 2.24) is 5.43 Å². The van der Waals surface area contributed by atoms with Gasteiger partial charge in [0.25, 0.3) is 0 Å². The number of unbranched alkanes of at least 4 members (excludes halogenated alkanes) is 3. The number of allylic oxidation sites excluding steroid dienone is 1. The Morgan fingerprint density at radius 3 is 2.56 bits per heavy atom. The molecule has 0 aromatic carbocycles. The van der Waals surface area contributed by atoms with Crippen LogP contribution in [0.15, 0.2) is 12.7 Å².